The zero-order chi connectivity index (χ0) is 28.2. The number of hydrogen-bond acceptors (Lipinski definition) is 5. The van der Waals surface area contributed by atoms with Gasteiger partial charge in [0.15, 0.2) is 0 Å². The SMILES string of the molecule is Cc1cccc(N(Cc2ccc(C(=O)Nc3ccc(S(=O)(=O)Nc4ccccc4Cl)cc3)cc2)S(C)(=O)=O)c1. The predicted octanol–water partition coefficient (Wildman–Crippen LogP) is 5.67. The van der Waals surface area contributed by atoms with Gasteiger partial charge in [-0.15, -0.1) is 0 Å². The minimum absolute atomic E-state index is 0.00816. The average Bonchev–Trinajstić information content (AvgIpc) is 2.88. The second-order valence-corrected chi connectivity index (χ2v) is 12.9. The number of carbonyl (C=O) groups excluding carboxylic acids is 1. The van der Waals surface area contributed by atoms with E-state index in [1.807, 2.05) is 13.0 Å². The number of para-hydroxylation sites is 1. The fraction of sp³-hybridized carbons (Fsp3) is 0.107. The van der Waals surface area contributed by atoms with Crippen molar-refractivity contribution in [1.29, 1.82) is 0 Å². The summed E-state index contributed by atoms with van der Waals surface area (Å²) in [5.41, 5.74) is 3.24. The molecule has 0 aliphatic carbocycles. The Bertz CT molecular complexity index is 1710. The van der Waals surface area contributed by atoms with E-state index in [4.69, 9.17) is 11.6 Å². The van der Waals surface area contributed by atoms with Crippen molar-refractivity contribution < 1.29 is 21.6 Å². The summed E-state index contributed by atoms with van der Waals surface area (Å²) >= 11 is 6.04. The molecule has 0 saturated carbocycles. The van der Waals surface area contributed by atoms with Gasteiger partial charge >= 0.3 is 0 Å². The highest BCUT2D eigenvalue weighted by atomic mass is 35.5. The summed E-state index contributed by atoms with van der Waals surface area (Å²) in [6.45, 7) is 2.00. The molecule has 8 nitrogen and oxygen atoms in total. The summed E-state index contributed by atoms with van der Waals surface area (Å²) in [4.78, 5) is 12.8. The molecular formula is C28H26ClN3O5S2. The molecule has 0 saturated heterocycles. The number of nitrogens with one attached hydrogen (secondary N) is 2. The van der Waals surface area contributed by atoms with Crippen molar-refractivity contribution >= 4 is 54.6 Å². The first kappa shape index (κ1) is 28.2. The van der Waals surface area contributed by atoms with Crippen LogP contribution in [0.15, 0.2) is 102 Å². The minimum atomic E-state index is -3.88. The van der Waals surface area contributed by atoms with Gasteiger partial charge in [-0.3, -0.25) is 13.8 Å². The summed E-state index contributed by atoms with van der Waals surface area (Å²) in [5, 5.41) is 3.00. The number of amides is 1. The number of nitrogens with zero attached hydrogens (tertiary/aromatic N) is 1. The fourth-order valence-electron chi connectivity index (χ4n) is 3.78. The Hall–Kier alpha value is -3.86. The molecule has 0 heterocycles. The first-order valence-electron chi connectivity index (χ1n) is 11.7. The van der Waals surface area contributed by atoms with Gasteiger partial charge in [-0.05, 0) is 78.7 Å². The molecule has 1 amide bonds. The summed E-state index contributed by atoms with van der Waals surface area (Å²) in [6.07, 6.45) is 1.15. The molecule has 4 aromatic rings. The maximum atomic E-state index is 12.8. The van der Waals surface area contributed by atoms with Gasteiger partial charge < -0.3 is 5.32 Å². The fourth-order valence-corrected chi connectivity index (χ4v) is 5.98. The third kappa shape index (κ3) is 7.17. The Kier molecular flexibility index (Phi) is 8.29. The van der Waals surface area contributed by atoms with Crippen LogP contribution in [-0.2, 0) is 26.6 Å². The van der Waals surface area contributed by atoms with Gasteiger partial charge in [0.25, 0.3) is 15.9 Å². The summed E-state index contributed by atoms with van der Waals surface area (Å²) in [7, 11) is -7.41. The van der Waals surface area contributed by atoms with E-state index >= 15 is 0 Å². The molecule has 0 spiro atoms. The van der Waals surface area contributed by atoms with Crippen LogP contribution in [0.25, 0.3) is 0 Å². The number of hydrogen-bond donors (Lipinski definition) is 2. The van der Waals surface area contributed by atoms with Crippen LogP contribution in [0.2, 0.25) is 5.02 Å². The molecule has 4 aromatic carbocycles. The van der Waals surface area contributed by atoms with E-state index in [0.29, 0.717) is 22.5 Å². The van der Waals surface area contributed by atoms with Gasteiger partial charge in [-0.25, -0.2) is 16.8 Å². The van der Waals surface area contributed by atoms with E-state index in [0.717, 1.165) is 11.8 Å². The van der Waals surface area contributed by atoms with Crippen LogP contribution in [0.4, 0.5) is 17.1 Å². The summed E-state index contributed by atoms with van der Waals surface area (Å²) < 4.78 is 54.0. The van der Waals surface area contributed by atoms with Gasteiger partial charge in [-0.2, -0.15) is 0 Å². The lowest BCUT2D eigenvalue weighted by Crippen LogP contribution is -2.29. The van der Waals surface area contributed by atoms with E-state index in [-0.39, 0.29) is 22.2 Å². The highest BCUT2D eigenvalue weighted by Crippen LogP contribution is 2.25. The van der Waals surface area contributed by atoms with Crippen molar-refractivity contribution in [2.75, 3.05) is 20.6 Å². The Morgan fingerprint density at radius 1 is 0.846 bits per heavy atom. The Labute approximate surface area is 233 Å². The lowest BCUT2D eigenvalue weighted by molar-refractivity contribution is 0.102. The predicted molar refractivity (Wildman–Crippen MR) is 155 cm³/mol. The van der Waals surface area contributed by atoms with Gasteiger partial charge in [0.2, 0.25) is 10.0 Å². The molecule has 0 bridgehead atoms. The monoisotopic (exact) mass is 583 g/mol. The molecule has 39 heavy (non-hydrogen) atoms. The molecule has 0 atom stereocenters. The largest absolute Gasteiger partial charge is 0.322 e. The second-order valence-electron chi connectivity index (χ2n) is 8.87. The third-order valence-corrected chi connectivity index (χ3v) is 8.62. The lowest BCUT2D eigenvalue weighted by atomic mass is 10.1. The molecule has 2 N–H and O–H groups in total. The van der Waals surface area contributed by atoms with Crippen molar-refractivity contribution in [3.63, 3.8) is 0 Å². The summed E-state index contributed by atoms with van der Waals surface area (Å²) in [5.74, 6) is -0.398. The van der Waals surface area contributed by atoms with Crippen molar-refractivity contribution in [3.8, 4) is 0 Å². The lowest BCUT2D eigenvalue weighted by Gasteiger charge is -2.23. The molecule has 0 fully saturated rings. The average molecular weight is 584 g/mol. The maximum absolute atomic E-state index is 12.8. The highest BCUT2D eigenvalue weighted by Gasteiger charge is 2.19. The Morgan fingerprint density at radius 2 is 1.51 bits per heavy atom. The molecule has 11 heteroatoms. The molecule has 0 aromatic heterocycles. The third-order valence-electron chi connectivity index (χ3n) is 5.77. The quantitative estimate of drug-likeness (QED) is 0.264. The first-order chi connectivity index (χ1) is 18.4. The van der Waals surface area contributed by atoms with Crippen LogP contribution in [0.5, 0.6) is 0 Å². The van der Waals surface area contributed by atoms with Crippen LogP contribution in [0.3, 0.4) is 0 Å². The smallest absolute Gasteiger partial charge is 0.261 e. The van der Waals surface area contributed by atoms with Crippen LogP contribution in [0, 0.1) is 6.92 Å². The van der Waals surface area contributed by atoms with E-state index in [2.05, 4.69) is 10.0 Å². The number of halogens is 1. The standard InChI is InChI=1S/C28H26ClN3O5S2/c1-20-6-5-7-24(18-20)32(38(2,34)35)19-21-10-12-22(13-11-21)28(33)30-23-14-16-25(17-15-23)39(36,37)31-27-9-4-3-8-26(27)29/h3-18,31H,19H2,1-2H3,(H,30,33). The topological polar surface area (TPSA) is 113 Å². The van der Waals surface area contributed by atoms with Crippen molar-refractivity contribution in [1.82, 2.24) is 0 Å². The van der Waals surface area contributed by atoms with Gasteiger partial charge in [0.05, 0.1) is 34.1 Å². The van der Waals surface area contributed by atoms with Crippen LogP contribution < -0.4 is 14.3 Å². The van der Waals surface area contributed by atoms with Gasteiger partial charge in [-0.1, -0.05) is 48.0 Å². The molecule has 4 rings (SSSR count). The van der Waals surface area contributed by atoms with Gasteiger partial charge in [0.1, 0.15) is 0 Å². The van der Waals surface area contributed by atoms with Crippen LogP contribution >= 0.6 is 11.6 Å². The van der Waals surface area contributed by atoms with Crippen molar-refractivity contribution in [3.05, 3.63) is 119 Å². The van der Waals surface area contributed by atoms with Crippen LogP contribution in [0.1, 0.15) is 21.5 Å². The van der Waals surface area contributed by atoms with Gasteiger partial charge in [0, 0.05) is 11.3 Å². The number of benzene rings is 4. The molecule has 0 unspecified atom stereocenters. The molecule has 0 aliphatic rings. The first-order valence-corrected chi connectivity index (χ1v) is 15.5. The number of anilines is 3. The maximum Gasteiger partial charge on any atom is 0.261 e. The number of rotatable bonds is 9. The molecule has 0 radical (unpaired) electrons. The summed E-state index contributed by atoms with van der Waals surface area (Å²) in [6, 6.07) is 26.0. The van der Waals surface area contributed by atoms with Crippen molar-refractivity contribution in [2.45, 2.75) is 18.4 Å². The number of aryl methyl sites for hydroxylation is 1. The number of carbonyl (C=O) groups is 1. The molecule has 0 aliphatic heterocycles. The number of sulfonamides is 2. The van der Waals surface area contributed by atoms with Crippen LogP contribution in [-0.4, -0.2) is 29.0 Å². The Morgan fingerprint density at radius 3 is 2.13 bits per heavy atom. The van der Waals surface area contributed by atoms with E-state index in [9.17, 15) is 21.6 Å². The molecule has 202 valence electrons. The van der Waals surface area contributed by atoms with Crippen molar-refractivity contribution in [2.24, 2.45) is 0 Å². The zero-order valence-electron chi connectivity index (χ0n) is 21.1. The van der Waals surface area contributed by atoms with E-state index in [1.54, 1.807) is 66.7 Å². The molecular weight excluding hydrogens is 558 g/mol. The Balaban J connectivity index is 1.43. The normalized spacial score (nSPS) is 11.6. The highest BCUT2D eigenvalue weighted by molar-refractivity contribution is 7.92. The second kappa shape index (κ2) is 11.5. The van der Waals surface area contributed by atoms with E-state index < -0.39 is 26.0 Å². The zero-order valence-corrected chi connectivity index (χ0v) is 23.5. The minimum Gasteiger partial charge on any atom is -0.322 e. The van der Waals surface area contributed by atoms with E-state index in [1.165, 1.54) is 28.6 Å².